The van der Waals surface area contributed by atoms with E-state index in [1.54, 1.807) is 18.7 Å². The lowest BCUT2D eigenvalue weighted by atomic mass is 9.96. The van der Waals surface area contributed by atoms with Crippen LogP contribution in [0.3, 0.4) is 0 Å². The Morgan fingerprint density at radius 3 is 2.56 bits per heavy atom. The van der Waals surface area contributed by atoms with E-state index in [1.165, 1.54) is 4.80 Å². The number of rotatable bonds is 5. The minimum Gasteiger partial charge on any atom is -0.466 e. The molecule has 1 aromatic carbocycles. The molecule has 0 N–H and O–H groups in total. The molecule has 1 amide bonds. The first-order valence-electron chi connectivity index (χ1n) is 9.00. The first kappa shape index (κ1) is 19.5. The molecule has 1 fully saturated rings. The van der Waals surface area contributed by atoms with Gasteiger partial charge in [0.05, 0.1) is 12.5 Å². The van der Waals surface area contributed by atoms with Gasteiger partial charge in [0.25, 0.3) is 0 Å². The van der Waals surface area contributed by atoms with Crippen LogP contribution in [0.5, 0.6) is 0 Å². The van der Waals surface area contributed by atoms with Gasteiger partial charge in [0.1, 0.15) is 6.04 Å². The molecule has 1 saturated heterocycles. The van der Waals surface area contributed by atoms with Gasteiger partial charge >= 0.3 is 5.97 Å². The molecule has 0 saturated carbocycles. The van der Waals surface area contributed by atoms with Crippen molar-refractivity contribution in [2.24, 2.45) is 5.92 Å². The van der Waals surface area contributed by atoms with Gasteiger partial charge in [-0.15, -0.1) is 10.2 Å². The zero-order chi connectivity index (χ0) is 19.4. The van der Waals surface area contributed by atoms with Gasteiger partial charge in [-0.3, -0.25) is 9.59 Å². The normalized spacial score (nSPS) is 16.2. The fourth-order valence-corrected chi connectivity index (χ4v) is 3.33. The highest BCUT2D eigenvalue weighted by molar-refractivity contribution is 9.10. The molecule has 0 radical (unpaired) electrons. The Labute approximate surface area is 166 Å². The summed E-state index contributed by atoms with van der Waals surface area (Å²) in [5.41, 5.74) is 0.833. The number of benzene rings is 1. The van der Waals surface area contributed by atoms with Crippen LogP contribution in [-0.4, -0.2) is 56.7 Å². The van der Waals surface area contributed by atoms with Gasteiger partial charge in [0.15, 0.2) is 0 Å². The molecule has 144 valence electrons. The first-order chi connectivity index (χ1) is 13.0. The lowest BCUT2D eigenvalue weighted by molar-refractivity contribution is -0.151. The second kappa shape index (κ2) is 8.60. The van der Waals surface area contributed by atoms with E-state index in [-0.39, 0.29) is 17.8 Å². The largest absolute Gasteiger partial charge is 0.466 e. The molecule has 1 atom stereocenters. The summed E-state index contributed by atoms with van der Waals surface area (Å²) in [6.07, 6.45) is 1.23. The number of nitrogens with zero attached hydrogens (tertiary/aromatic N) is 5. The van der Waals surface area contributed by atoms with Crippen LogP contribution < -0.4 is 0 Å². The van der Waals surface area contributed by atoms with Crippen molar-refractivity contribution in [3.63, 3.8) is 0 Å². The maximum absolute atomic E-state index is 12.8. The third-order valence-electron chi connectivity index (χ3n) is 4.66. The number of carbonyl (C=O) groups excluding carboxylic acids is 2. The lowest BCUT2D eigenvalue weighted by Crippen LogP contribution is -2.43. The van der Waals surface area contributed by atoms with E-state index in [1.807, 2.05) is 24.3 Å². The summed E-state index contributed by atoms with van der Waals surface area (Å²) < 4.78 is 6.03. The number of amides is 1. The topological polar surface area (TPSA) is 90.2 Å². The van der Waals surface area contributed by atoms with Crippen molar-refractivity contribution in [2.45, 2.75) is 32.7 Å². The van der Waals surface area contributed by atoms with Crippen LogP contribution >= 0.6 is 15.9 Å². The Balaban J connectivity index is 1.61. The monoisotopic (exact) mass is 435 g/mol. The molecule has 1 aliphatic rings. The molecule has 2 aromatic rings. The summed E-state index contributed by atoms with van der Waals surface area (Å²) in [6.45, 7) is 4.99. The molecule has 0 spiro atoms. The molecule has 1 aromatic heterocycles. The molecule has 3 rings (SSSR count). The number of halogens is 1. The fourth-order valence-electron chi connectivity index (χ4n) is 3.06. The molecular weight excluding hydrogens is 414 g/mol. The molecule has 8 nitrogen and oxygen atoms in total. The lowest BCUT2D eigenvalue weighted by Gasteiger charge is -2.32. The van der Waals surface area contributed by atoms with Crippen LogP contribution in [0, 0.1) is 5.92 Å². The molecule has 2 heterocycles. The maximum Gasteiger partial charge on any atom is 0.309 e. The van der Waals surface area contributed by atoms with Crippen molar-refractivity contribution >= 4 is 27.8 Å². The Bertz CT molecular complexity index is 800. The smallest absolute Gasteiger partial charge is 0.309 e. The van der Waals surface area contributed by atoms with Crippen molar-refractivity contribution in [3.8, 4) is 11.4 Å². The Morgan fingerprint density at radius 2 is 1.93 bits per heavy atom. The van der Waals surface area contributed by atoms with E-state index in [2.05, 4.69) is 31.3 Å². The summed E-state index contributed by atoms with van der Waals surface area (Å²) in [5.74, 6) is 0.104. The zero-order valence-electron chi connectivity index (χ0n) is 15.3. The van der Waals surface area contributed by atoms with E-state index < -0.39 is 6.04 Å². The van der Waals surface area contributed by atoms with Gasteiger partial charge in [0, 0.05) is 23.1 Å². The van der Waals surface area contributed by atoms with Crippen molar-refractivity contribution in [2.75, 3.05) is 19.7 Å². The standard InChI is InChI=1S/C18H22BrN5O3/c1-3-27-18(26)14-8-10-23(11-9-14)17(25)12(2)24-21-16(20-22-24)13-4-6-15(19)7-5-13/h4-7,12,14H,3,8-11H2,1-2H3/t12-/m1/s1. The molecular formula is C18H22BrN5O3. The maximum atomic E-state index is 12.8. The highest BCUT2D eigenvalue weighted by Crippen LogP contribution is 2.22. The van der Waals surface area contributed by atoms with Crippen LogP contribution in [0.15, 0.2) is 28.7 Å². The number of tetrazole rings is 1. The van der Waals surface area contributed by atoms with Crippen molar-refractivity contribution in [1.29, 1.82) is 0 Å². The average molecular weight is 436 g/mol. The minimum absolute atomic E-state index is 0.0722. The van der Waals surface area contributed by atoms with E-state index in [4.69, 9.17) is 4.74 Å². The quantitative estimate of drug-likeness (QED) is 0.669. The summed E-state index contributed by atoms with van der Waals surface area (Å²) in [5, 5.41) is 12.4. The number of aromatic nitrogens is 4. The molecule has 0 bridgehead atoms. The second-order valence-corrected chi connectivity index (χ2v) is 7.38. The molecule has 9 heteroatoms. The van der Waals surface area contributed by atoms with Crippen LogP contribution in [0.25, 0.3) is 11.4 Å². The van der Waals surface area contributed by atoms with E-state index in [0.717, 1.165) is 10.0 Å². The molecule has 0 aliphatic carbocycles. The van der Waals surface area contributed by atoms with Gasteiger partial charge in [-0.1, -0.05) is 15.9 Å². The highest BCUT2D eigenvalue weighted by atomic mass is 79.9. The Kier molecular flexibility index (Phi) is 6.20. The number of esters is 1. The number of hydrogen-bond donors (Lipinski definition) is 0. The molecule has 0 unspecified atom stereocenters. The van der Waals surface area contributed by atoms with E-state index in [0.29, 0.717) is 38.4 Å². The molecule has 27 heavy (non-hydrogen) atoms. The van der Waals surface area contributed by atoms with Crippen molar-refractivity contribution < 1.29 is 14.3 Å². The zero-order valence-corrected chi connectivity index (χ0v) is 16.9. The van der Waals surface area contributed by atoms with Crippen LogP contribution in [0.2, 0.25) is 0 Å². The second-order valence-electron chi connectivity index (χ2n) is 6.47. The number of carbonyl (C=O) groups is 2. The summed E-state index contributed by atoms with van der Waals surface area (Å²) in [7, 11) is 0. The number of hydrogen-bond acceptors (Lipinski definition) is 6. The van der Waals surface area contributed by atoms with Crippen LogP contribution in [0.1, 0.15) is 32.7 Å². The van der Waals surface area contributed by atoms with E-state index in [9.17, 15) is 9.59 Å². The Morgan fingerprint density at radius 1 is 1.26 bits per heavy atom. The third-order valence-corrected chi connectivity index (χ3v) is 5.19. The predicted molar refractivity (Wildman–Crippen MR) is 102 cm³/mol. The van der Waals surface area contributed by atoms with Gasteiger partial charge in [-0.2, -0.15) is 4.80 Å². The van der Waals surface area contributed by atoms with Crippen molar-refractivity contribution in [1.82, 2.24) is 25.1 Å². The summed E-state index contributed by atoms with van der Waals surface area (Å²) in [4.78, 5) is 27.7. The number of ether oxygens (including phenoxy) is 1. The average Bonchev–Trinajstić information content (AvgIpc) is 3.18. The summed E-state index contributed by atoms with van der Waals surface area (Å²) in [6, 6.07) is 7.02. The molecule has 1 aliphatic heterocycles. The number of piperidine rings is 1. The number of likely N-dealkylation sites (tertiary alicyclic amines) is 1. The summed E-state index contributed by atoms with van der Waals surface area (Å²) >= 11 is 3.39. The first-order valence-corrected chi connectivity index (χ1v) is 9.79. The van der Waals surface area contributed by atoms with Gasteiger partial charge in [-0.25, -0.2) is 0 Å². The van der Waals surface area contributed by atoms with Gasteiger partial charge in [0.2, 0.25) is 11.7 Å². The van der Waals surface area contributed by atoms with Gasteiger partial charge in [-0.05, 0) is 56.2 Å². The predicted octanol–water partition coefficient (Wildman–Crippen LogP) is 2.47. The fraction of sp³-hybridized carbons (Fsp3) is 0.500. The van der Waals surface area contributed by atoms with Gasteiger partial charge < -0.3 is 9.64 Å². The van der Waals surface area contributed by atoms with Crippen LogP contribution in [0.4, 0.5) is 0 Å². The minimum atomic E-state index is -0.555. The van der Waals surface area contributed by atoms with Crippen molar-refractivity contribution in [3.05, 3.63) is 28.7 Å². The highest BCUT2D eigenvalue weighted by Gasteiger charge is 2.31. The van der Waals surface area contributed by atoms with Crippen LogP contribution in [-0.2, 0) is 14.3 Å². The van der Waals surface area contributed by atoms with E-state index >= 15 is 0 Å². The third kappa shape index (κ3) is 4.52. The Hall–Kier alpha value is -2.29. The SMILES string of the molecule is CCOC(=O)C1CCN(C(=O)[C@@H](C)n2nnc(-c3ccc(Br)cc3)n2)CC1.